The average molecular weight is 353 g/mol. The van der Waals surface area contributed by atoms with Crippen molar-refractivity contribution >= 4 is 11.6 Å². The lowest BCUT2D eigenvalue weighted by Gasteiger charge is -2.24. The van der Waals surface area contributed by atoms with Crippen molar-refractivity contribution in [1.29, 1.82) is 0 Å². The zero-order valence-corrected chi connectivity index (χ0v) is 15.7. The Hall–Kier alpha value is -2.37. The Morgan fingerprint density at radius 2 is 2.15 bits per heavy atom. The average Bonchev–Trinajstić information content (AvgIpc) is 2.88. The first-order valence-corrected chi connectivity index (χ1v) is 9.65. The molecule has 1 fully saturated rings. The number of anilines is 1. The van der Waals surface area contributed by atoms with Crippen molar-refractivity contribution < 1.29 is 4.79 Å². The Balaban J connectivity index is 1.48. The fourth-order valence-electron chi connectivity index (χ4n) is 4.10. The molecule has 1 amide bonds. The molecule has 6 heteroatoms. The fraction of sp³-hybridized carbons (Fsp3) is 0.550. The Bertz CT molecular complexity index is 799. The van der Waals surface area contributed by atoms with Gasteiger partial charge in [0.15, 0.2) is 5.69 Å². The van der Waals surface area contributed by atoms with Crippen LogP contribution < -0.4 is 4.90 Å². The van der Waals surface area contributed by atoms with Gasteiger partial charge in [0.1, 0.15) is 0 Å². The van der Waals surface area contributed by atoms with Crippen LogP contribution in [0.4, 0.5) is 5.69 Å². The van der Waals surface area contributed by atoms with Crippen LogP contribution in [0.5, 0.6) is 0 Å². The van der Waals surface area contributed by atoms with E-state index >= 15 is 0 Å². The van der Waals surface area contributed by atoms with Gasteiger partial charge in [-0.15, -0.1) is 0 Å². The minimum atomic E-state index is 0.0874. The first-order chi connectivity index (χ1) is 12.6. The highest BCUT2D eigenvalue weighted by Crippen LogP contribution is 2.27. The highest BCUT2D eigenvalue weighted by Gasteiger charge is 2.28. The lowest BCUT2D eigenvalue weighted by atomic mass is 9.87. The molecule has 3 heterocycles. The number of nitrogens with zero attached hydrogens (tertiary/aromatic N) is 4. The molecule has 2 aromatic heterocycles. The number of hydrogen-bond donors (Lipinski definition) is 1. The Morgan fingerprint density at radius 1 is 1.27 bits per heavy atom. The number of rotatable bonds is 2. The highest BCUT2D eigenvalue weighted by molar-refractivity contribution is 5.94. The van der Waals surface area contributed by atoms with Crippen molar-refractivity contribution in [3.05, 3.63) is 41.0 Å². The molecule has 1 aliphatic carbocycles. The van der Waals surface area contributed by atoms with Crippen LogP contribution in [0.3, 0.4) is 0 Å². The molecule has 2 aliphatic rings. The summed E-state index contributed by atoms with van der Waals surface area (Å²) in [7, 11) is 0. The number of pyridine rings is 1. The molecule has 0 unspecified atom stereocenters. The molecule has 138 valence electrons. The third-order valence-electron chi connectivity index (χ3n) is 5.62. The molecule has 26 heavy (non-hydrogen) atoms. The van der Waals surface area contributed by atoms with Gasteiger partial charge in [0.05, 0.1) is 0 Å². The van der Waals surface area contributed by atoms with Crippen LogP contribution in [0.2, 0.25) is 0 Å². The molecule has 0 bridgehead atoms. The highest BCUT2D eigenvalue weighted by atomic mass is 16.2. The normalized spacial score (nSPS) is 20.6. The minimum Gasteiger partial charge on any atom is -0.370 e. The van der Waals surface area contributed by atoms with Crippen molar-refractivity contribution in [3.8, 4) is 0 Å². The SMILES string of the molecule is Cc1cc(N2CCCN(C(=O)c3n[nH]c4c3C[C@H](C)CC4)CC2)ccn1. The summed E-state index contributed by atoms with van der Waals surface area (Å²) in [5.41, 5.74) is 5.18. The van der Waals surface area contributed by atoms with Crippen molar-refractivity contribution in [3.63, 3.8) is 0 Å². The first kappa shape index (κ1) is 17.1. The van der Waals surface area contributed by atoms with Crippen LogP contribution in [0.15, 0.2) is 18.3 Å². The summed E-state index contributed by atoms with van der Waals surface area (Å²) in [6, 6.07) is 4.17. The van der Waals surface area contributed by atoms with Gasteiger partial charge in [-0.1, -0.05) is 6.92 Å². The largest absolute Gasteiger partial charge is 0.370 e. The Morgan fingerprint density at radius 3 is 3.00 bits per heavy atom. The van der Waals surface area contributed by atoms with E-state index in [1.54, 1.807) is 0 Å². The van der Waals surface area contributed by atoms with E-state index in [1.807, 2.05) is 18.0 Å². The number of carbonyl (C=O) groups is 1. The van der Waals surface area contributed by atoms with Crippen LogP contribution in [0.25, 0.3) is 0 Å². The standard InChI is InChI=1S/C20H27N5O/c1-14-4-5-18-17(12-14)19(23-22-18)20(26)25-9-3-8-24(10-11-25)16-6-7-21-15(2)13-16/h6-7,13-14H,3-5,8-12H2,1-2H3,(H,22,23)/t14-/m1/s1. The van der Waals surface area contributed by atoms with Gasteiger partial charge in [-0.2, -0.15) is 5.10 Å². The van der Waals surface area contributed by atoms with E-state index in [0.29, 0.717) is 11.6 Å². The molecule has 4 rings (SSSR count). The van der Waals surface area contributed by atoms with E-state index in [9.17, 15) is 4.79 Å². The molecular weight excluding hydrogens is 326 g/mol. The number of nitrogens with one attached hydrogen (secondary N) is 1. The second-order valence-corrected chi connectivity index (χ2v) is 7.67. The number of aryl methyl sites for hydroxylation is 2. The maximum Gasteiger partial charge on any atom is 0.274 e. The van der Waals surface area contributed by atoms with Crippen LogP contribution in [-0.4, -0.2) is 52.2 Å². The van der Waals surface area contributed by atoms with Crippen LogP contribution in [0.1, 0.15) is 47.2 Å². The van der Waals surface area contributed by atoms with E-state index in [1.165, 1.54) is 12.1 Å². The number of H-pyrrole nitrogens is 1. The van der Waals surface area contributed by atoms with Crippen LogP contribution in [-0.2, 0) is 12.8 Å². The smallest absolute Gasteiger partial charge is 0.274 e. The zero-order valence-electron chi connectivity index (χ0n) is 15.7. The lowest BCUT2D eigenvalue weighted by Crippen LogP contribution is -2.36. The van der Waals surface area contributed by atoms with Gasteiger partial charge in [0.25, 0.3) is 5.91 Å². The third-order valence-corrected chi connectivity index (χ3v) is 5.62. The molecule has 0 aromatic carbocycles. The van der Waals surface area contributed by atoms with Gasteiger partial charge in [0, 0.05) is 55.0 Å². The molecule has 2 aromatic rings. The summed E-state index contributed by atoms with van der Waals surface area (Å²) in [5.74, 6) is 0.713. The molecule has 0 spiro atoms. The molecule has 1 atom stereocenters. The van der Waals surface area contributed by atoms with E-state index in [2.05, 4.69) is 39.1 Å². The topological polar surface area (TPSA) is 65.1 Å². The molecule has 6 nitrogen and oxygen atoms in total. The number of fused-ring (bicyclic) bond motifs is 1. The second kappa shape index (κ2) is 7.09. The summed E-state index contributed by atoms with van der Waals surface area (Å²) in [5, 5.41) is 7.50. The molecule has 1 aliphatic heterocycles. The molecule has 0 saturated carbocycles. The van der Waals surface area contributed by atoms with Crippen molar-refractivity contribution in [2.24, 2.45) is 5.92 Å². The Labute approximate surface area is 154 Å². The number of amides is 1. The summed E-state index contributed by atoms with van der Waals surface area (Å²) >= 11 is 0. The van der Waals surface area contributed by atoms with E-state index in [4.69, 9.17) is 0 Å². The van der Waals surface area contributed by atoms with Gasteiger partial charge < -0.3 is 9.80 Å². The monoisotopic (exact) mass is 353 g/mol. The van der Waals surface area contributed by atoms with Gasteiger partial charge in [-0.25, -0.2) is 0 Å². The molecular formula is C20H27N5O. The predicted molar refractivity (Wildman–Crippen MR) is 101 cm³/mol. The number of aromatic amines is 1. The maximum absolute atomic E-state index is 13.1. The first-order valence-electron chi connectivity index (χ1n) is 9.65. The number of hydrogen-bond acceptors (Lipinski definition) is 4. The predicted octanol–water partition coefficient (Wildman–Crippen LogP) is 2.59. The summed E-state index contributed by atoms with van der Waals surface area (Å²) in [4.78, 5) is 21.7. The zero-order chi connectivity index (χ0) is 18.1. The fourth-order valence-corrected chi connectivity index (χ4v) is 4.10. The van der Waals surface area contributed by atoms with Gasteiger partial charge >= 0.3 is 0 Å². The van der Waals surface area contributed by atoms with E-state index in [0.717, 1.165) is 62.4 Å². The van der Waals surface area contributed by atoms with Gasteiger partial charge in [-0.3, -0.25) is 14.9 Å². The Kier molecular flexibility index (Phi) is 4.66. The van der Waals surface area contributed by atoms with Crippen molar-refractivity contribution in [1.82, 2.24) is 20.1 Å². The molecule has 1 saturated heterocycles. The van der Waals surface area contributed by atoms with Gasteiger partial charge in [-0.05, 0) is 50.7 Å². The minimum absolute atomic E-state index is 0.0874. The second-order valence-electron chi connectivity index (χ2n) is 7.67. The lowest BCUT2D eigenvalue weighted by molar-refractivity contribution is 0.0759. The maximum atomic E-state index is 13.1. The molecule has 1 N–H and O–H groups in total. The number of aromatic nitrogens is 3. The van der Waals surface area contributed by atoms with E-state index in [-0.39, 0.29) is 5.91 Å². The summed E-state index contributed by atoms with van der Waals surface area (Å²) in [6.45, 7) is 7.60. The quantitative estimate of drug-likeness (QED) is 0.901. The van der Waals surface area contributed by atoms with Crippen molar-refractivity contribution in [2.75, 3.05) is 31.1 Å². The number of carbonyl (C=O) groups excluding carboxylic acids is 1. The van der Waals surface area contributed by atoms with Crippen molar-refractivity contribution in [2.45, 2.75) is 39.5 Å². The molecule has 0 radical (unpaired) electrons. The van der Waals surface area contributed by atoms with Crippen LogP contribution >= 0.6 is 0 Å². The summed E-state index contributed by atoms with van der Waals surface area (Å²) in [6.07, 6.45) is 5.97. The third kappa shape index (κ3) is 3.32. The van der Waals surface area contributed by atoms with Gasteiger partial charge in [0.2, 0.25) is 0 Å². The summed E-state index contributed by atoms with van der Waals surface area (Å²) < 4.78 is 0. The van der Waals surface area contributed by atoms with E-state index < -0.39 is 0 Å². The van der Waals surface area contributed by atoms with Crippen LogP contribution in [0, 0.1) is 12.8 Å².